The van der Waals surface area contributed by atoms with E-state index in [2.05, 4.69) is 18.8 Å². The smallest absolute Gasteiger partial charge is 0.486 e. The van der Waals surface area contributed by atoms with Crippen LogP contribution in [0.5, 0.6) is 0 Å². The Morgan fingerprint density at radius 3 is 1.50 bits per heavy atom. The van der Waals surface area contributed by atoms with Crippen LogP contribution in [0, 0.1) is 13.1 Å². The van der Waals surface area contributed by atoms with Crippen molar-refractivity contribution in [3.63, 3.8) is 0 Å². The number of benzene rings is 1. The average Bonchev–Trinajstić information content (AvgIpc) is 1.96. The van der Waals surface area contributed by atoms with Crippen molar-refractivity contribution < 1.29 is 19.5 Å². The molecular formula is C7H10ClNZn. The largest absolute Gasteiger partial charge is 2.00 e. The molecule has 1 aromatic carbocycles. The van der Waals surface area contributed by atoms with Gasteiger partial charge >= 0.3 is 19.5 Å². The van der Waals surface area contributed by atoms with Gasteiger partial charge in [0.25, 0.3) is 0 Å². The first-order valence-corrected chi connectivity index (χ1v) is 2.32. The van der Waals surface area contributed by atoms with Crippen LogP contribution in [0.3, 0.4) is 0 Å². The molecule has 0 amide bonds. The summed E-state index contributed by atoms with van der Waals surface area (Å²) in [7, 11) is 2.75. The van der Waals surface area contributed by atoms with Gasteiger partial charge in [-0.3, -0.25) is 7.05 Å². The number of rotatable bonds is 0. The minimum Gasteiger partial charge on any atom is -0.486 e. The topological polar surface area (TPSA) is 26.0 Å². The second kappa shape index (κ2) is 16.0. The Hall–Kier alpha value is 0.0934. The van der Waals surface area contributed by atoms with Crippen molar-refractivity contribution in [3.8, 4) is 0 Å². The minimum atomic E-state index is 0. The number of hydrogen-bond donors (Lipinski definition) is 1. The molecule has 1 nitrogen and oxygen atoms in total. The molecule has 0 spiro atoms. The molecule has 0 aliphatic rings. The Balaban J connectivity index is -0.000000114. The fraction of sp³-hybridized carbons (Fsp3) is 0. The second-order valence-corrected chi connectivity index (χ2v) is 1.08. The predicted octanol–water partition coefficient (Wildman–Crippen LogP) is 1.64. The molecular weight excluding hydrogens is 199 g/mol. The van der Waals surface area contributed by atoms with E-state index in [-0.39, 0.29) is 31.9 Å². The van der Waals surface area contributed by atoms with Crippen molar-refractivity contribution in [2.45, 2.75) is 0 Å². The van der Waals surface area contributed by atoms with E-state index in [0.717, 1.165) is 0 Å². The van der Waals surface area contributed by atoms with Crippen LogP contribution in [0.1, 0.15) is 0 Å². The van der Waals surface area contributed by atoms with Crippen molar-refractivity contribution in [2.75, 3.05) is 0 Å². The molecule has 0 radical (unpaired) electrons. The van der Waals surface area contributed by atoms with Gasteiger partial charge in [-0.25, -0.2) is 0 Å². The summed E-state index contributed by atoms with van der Waals surface area (Å²) in [5.74, 6) is 0. The Kier molecular flexibility index (Phi) is 26.6. The quantitative estimate of drug-likeness (QED) is 0.510. The van der Waals surface area contributed by atoms with E-state index in [1.165, 1.54) is 0 Å². The molecule has 0 aromatic heterocycles. The van der Waals surface area contributed by atoms with Crippen molar-refractivity contribution >= 4 is 12.4 Å². The Morgan fingerprint density at radius 1 is 1.00 bits per heavy atom. The van der Waals surface area contributed by atoms with Gasteiger partial charge in [0.1, 0.15) is 0 Å². The van der Waals surface area contributed by atoms with Crippen LogP contribution in [0.15, 0.2) is 30.3 Å². The van der Waals surface area contributed by atoms with Gasteiger partial charge in [-0.1, -0.05) is 0 Å². The SMILES string of the molecule is Cl.[CH2-]N.[Zn+2].[c-]1ccccc1. The zero-order valence-electron chi connectivity index (χ0n) is 5.79. The first-order valence-electron chi connectivity index (χ1n) is 2.32. The maximum atomic E-state index is 4.25. The van der Waals surface area contributed by atoms with Gasteiger partial charge in [-0.05, 0) is 0 Å². The van der Waals surface area contributed by atoms with Crippen LogP contribution in [0.25, 0.3) is 0 Å². The second-order valence-electron chi connectivity index (χ2n) is 1.08. The summed E-state index contributed by atoms with van der Waals surface area (Å²) in [6.45, 7) is 0. The van der Waals surface area contributed by atoms with Gasteiger partial charge in [0.2, 0.25) is 0 Å². The first kappa shape index (κ1) is 16.6. The van der Waals surface area contributed by atoms with Crippen molar-refractivity contribution in [1.29, 1.82) is 0 Å². The van der Waals surface area contributed by atoms with E-state index in [1.54, 1.807) is 0 Å². The van der Waals surface area contributed by atoms with Crippen LogP contribution in [0.2, 0.25) is 0 Å². The predicted molar refractivity (Wildman–Crippen MR) is 42.1 cm³/mol. The maximum Gasteiger partial charge on any atom is 2.00 e. The zero-order chi connectivity index (χ0) is 6.24. The van der Waals surface area contributed by atoms with Crippen LogP contribution < -0.4 is 5.73 Å². The third kappa shape index (κ3) is 11.0. The number of hydrogen-bond acceptors (Lipinski definition) is 1. The molecule has 10 heavy (non-hydrogen) atoms. The molecule has 0 atom stereocenters. The fourth-order valence-electron chi connectivity index (χ4n) is 0.342. The van der Waals surface area contributed by atoms with Crippen molar-refractivity contribution in [3.05, 3.63) is 43.4 Å². The Morgan fingerprint density at radius 2 is 1.40 bits per heavy atom. The van der Waals surface area contributed by atoms with Gasteiger partial charge in [0, 0.05) is 0 Å². The van der Waals surface area contributed by atoms with Crippen molar-refractivity contribution in [2.24, 2.45) is 5.73 Å². The summed E-state index contributed by atoms with van der Waals surface area (Å²) in [5.41, 5.74) is 4.25. The fourth-order valence-corrected chi connectivity index (χ4v) is 0.342. The third-order valence-corrected chi connectivity index (χ3v) is 0.607. The molecule has 1 aromatic rings. The molecule has 3 heteroatoms. The van der Waals surface area contributed by atoms with Gasteiger partial charge in [-0.15, -0.1) is 12.4 Å². The van der Waals surface area contributed by atoms with Gasteiger partial charge in [0.05, 0.1) is 0 Å². The molecule has 2 N–H and O–H groups in total. The molecule has 0 saturated carbocycles. The van der Waals surface area contributed by atoms with E-state index in [1.807, 2.05) is 30.3 Å². The molecule has 52 valence electrons. The monoisotopic (exact) mass is 207 g/mol. The summed E-state index contributed by atoms with van der Waals surface area (Å²) >= 11 is 0. The zero-order valence-corrected chi connectivity index (χ0v) is 9.57. The summed E-state index contributed by atoms with van der Waals surface area (Å²) in [5, 5.41) is 0. The Bertz CT molecular complexity index is 85.5. The molecule has 0 aliphatic heterocycles. The summed E-state index contributed by atoms with van der Waals surface area (Å²) in [6, 6.07) is 12.5. The molecule has 0 heterocycles. The standard InChI is InChI=1S/C6H5.CH4N.ClH.Zn/c1-2-4-6-5-3-1;1-2;;/h1-5H;1-2H2;1H;/q2*-1;;+2. The summed E-state index contributed by atoms with van der Waals surface area (Å²) in [4.78, 5) is 0. The van der Waals surface area contributed by atoms with Crippen LogP contribution in [0.4, 0.5) is 0 Å². The molecule has 0 unspecified atom stereocenters. The normalized spacial score (nSPS) is 5.40. The van der Waals surface area contributed by atoms with Gasteiger partial charge < -0.3 is 5.73 Å². The van der Waals surface area contributed by atoms with Crippen LogP contribution in [-0.2, 0) is 19.5 Å². The van der Waals surface area contributed by atoms with Crippen molar-refractivity contribution in [1.82, 2.24) is 0 Å². The molecule has 0 fully saturated rings. The molecule has 0 bridgehead atoms. The number of halogens is 1. The third-order valence-electron chi connectivity index (χ3n) is 0.607. The first-order chi connectivity index (χ1) is 4.00. The Labute approximate surface area is 81.2 Å². The van der Waals surface area contributed by atoms with E-state index >= 15 is 0 Å². The van der Waals surface area contributed by atoms with Crippen LogP contribution in [-0.4, -0.2) is 0 Å². The van der Waals surface area contributed by atoms with Gasteiger partial charge in [-0.2, -0.15) is 36.4 Å². The van der Waals surface area contributed by atoms with Crippen LogP contribution >= 0.6 is 12.4 Å². The molecule has 0 saturated heterocycles. The van der Waals surface area contributed by atoms with E-state index in [0.29, 0.717) is 0 Å². The molecule has 0 aliphatic carbocycles. The summed E-state index contributed by atoms with van der Waals surface area (Å²) in [6.07, 6.45) is 0. The molecule has 1 rings (SSSR count). The van der Waals surface area contributed by atoms with E-state index < -0.39 is 0 Å². The average molecular weight is 209 g/mol. The van der Waals surface area contributed by atoms with E-state index in [4.69, 9.17) is 0 Å². The van der Waals surface area contributed by atoms with Gasteiger partial charge in [0.15, 0.2) is 0 Å². The number of nitrogens with two attached hydrogens (primary N) is 1. The summed E-state index contributed by atoms with van der Waals surface area (Å²) < 4.78 is 0. The maximum absolute atomic E-state index is 4.25. The van der Waals surface area contributed by atoms with E-state index in [9.17, 15) is 0 Å². The minimum absolute atomic E-state index is 0.